The number of amides is 2. The van der Waals surface area contributed by atoms with E-state index >= 15 is 0 Å². The van der Waals surface area contributed by atoms with Crippen LogP contribution in [0.5, 0.6) is 0 Å². The maximum atomic E-state index is 13.6. The first kappa shape index (κ1) is 19.7. The Balaban J connectivity index is 1.96. The highest BCUT2D eigenvalue weighted by Gasteiger charge is 2.21. The topological polar surface area (TPSA) is 89.3 Å². The van der Waals surface area contributed by atoms with E-state index in [0.29, 0.717) is 4.90 Å². The summed E-state index contributed by atoms with van der Waals surface area (Å²) in [6.07, 6.45) is -0.521. The van der Waals surface area contributed by atoms with E-state index in [1.54, 1.807) is 30.3 Å². The Morgan fingerprint density at radius 1 is 1.04 bits per heavy atom. The van der Waals surface area contributed by atoms with Crippen molar-refractivity contribution >= 4 is 22.6 Å². The molecule has 0 aliphatic rings. The minimum Gasteiger partial charge on any atom is -0.368 e. The second-order valence-corrected chi connectivity index (χ2v) is 7.12. The van der Waals surface area contributed by atoms with Crippen LogP contribution < -0.4 is 11.1 Å². The zero-order valence-corrected chi connectivity index (χ0v) is 14.6. The summed E-state index contributed by atoms with van der Waals surface area (Å²) in [5, 5.41) is 2.34. The molecule has 0 aliphatic carbocycles. The van der Waals surface area contributed by atoms with Crippen molar-refractivity contribution in [1.29, 1.82) is 0 Å². The van der Waals surface area contributed by atoms with Gasteiger partial charge in [-0.1, -0.05) is 24.3 Å². The Labute approximate surface area is 152 Å². The molecule has 0 aliphatic heterocycles. The van der Waals surface area contributed by atoms with Crippen molar-refractivity contribution in [3.8, 4) is 0 Å². The van der Waals surface area contributed by atoms with Gasteiger partial charge in [0.05, 0.1) is 17.2 Å². The zero-order chi connectivity index (χ0) is 19.1. The molecule has 0 unspecified atom stereocenters. The minimum atomic E-state index is -1.36. The molecule has 5 nitrogen and oxygen atoms in total. The molecule has 0 bridgehead atoms. The molecule has 138 valence electrons. The predicted molar refractivity (Wildman–Crippen MR) is 93.5 cm³/mol. The van der Waals surface area contributed by atoms with Crippen LogP contribution in [0.4, 0.5) is 8.78 Å². The number of primary amides is 1. The average molecular weight is 380 g/mol. The van der Waals surface area contributed by atoms with E-state index in [1.165, 1.54) is 6.07 Å². The fourth-order valence-corrected chi connectivity index (χ4v) is 3.45. The van der Waals surface area contributed by atoms with Crippen LogP contribution in [0.15, 0.2) is 53.4 Å². The Kier molecular flexibility index (Phi) is 6.97. The first-order valence-corrected chi connectivity index (χ1v) is 9.15. The highest BCUT2D eigenvalue weighted by molar-refractivity contribution is 7.85. The van der Waals surface area contributed by atoms with Gasteiger partial charge in [0.1, 0.15) is 17.7 Å². The van der Waals surface area contributed by atoms with E-state index in [1.807, 2.05) is 0 Å². The van der Waals surface area contributed by atoms with Gasteiger partial charge in [-0.25, -0.2) is 8.78 Å². The van der Waals surface area contributed by atoms with E-state index in [2.05, 4.69) is 5.32 Å². The second-order valence-electron chi connectivity index (χ2n) is 5.55. The van der Waals surface area contributed by atoms with Crippen molar-refractivity contribution in [2.24, 2.45) is 5.73 Å². The molecular formula is C18H18F2N2O3S. The summed E-state index contributed by atoms with van der Waals surface area (Å²) < 4.78 is 39.4. The Hall–Kier alpha value is -2.61. The van der Waals surface area contributed by atoms with Crippen LogP contribution in [0.3, 0.4) is 0 Å². The largest absolute Gasteiger partial charge is 0.368 e. The molecule has 26 heavy (non-hydrogen) atoms. The molecule has 2 aromatic rings. The second kappa shape index (κ2) is 9.19. The van der Waals surface area contributed by atoms with Gasteiger partial charge in [-0.15, -0.1) is 0 Å². The van der Waals surface area contributed by atoms with Crippen molar-refractivity contribution < 1.29 is 22.6 Å². The highest BCUT2D eigenvalue weighted by atomic mass is 32.2. The number of halogens is 2. The van der Waals surface area contributed by atoms with E-state index < -0.39 is 46.7 Å². The average Bonchev–Trinajstić information content (AvgIpc) is 2.62. The van der Waals surface area contributed by atoms with Crippen molar-refractivity contribution in [2.45, 2.75) is 23.8 Å². The lowest BCUT2D eigenvalue weighted by atomic mass is 10.1. The number of hydrogen-bond donors (Lipinski definition) is 2. The number of benzene rings is 2. The number of rotatable bonds is 8. The smallest absolute Gasteiger partial charge is 0.240 e. The lowest BCUT2D eigenvalue weighted by molar-refractivity contribution is -0.127. The fourth-order valence-electron chi connectivity index (χ4n) is 2.31. The highest BCUT2D eigenvalue weighted by Crippen LogP contribution is 2.13. The van der Waals surface area contributed by atoms with Crippen molar-refractivity contribution in [2.75, 3.05) is 5.75 Å². The quantitative estimate of drug-likeness (QED) is 0.730. The maximum absolute atomic E-state index is 13.6. The molecule has 2 amide bonds. The molecule has 0 saturated heterocycles. The lowest BCUT2D eigenvalue weighted by Crippen LogP contribution is -2.45. The van der Waals surface area contributed by atoms with Crippen molar-refractivity contribution in [1.82, 2.24) is 5.32 Å². The van der Waals surface area contributed by atoms with Crippen LogP contribution in [-0.4, -0.2) is 27.8 Å². The van der Waals surface area contributed by atoms with Gasteiger partial charge in [-0.05, 0) is 30.7 Å². The minimum absolute atomic E-state index is 0.0440. The lowest BCUT2D eigenvalue weighted by Gasteiger charge is -2.15. The van der Waals surface area contributed by atoms with Crippen LogP contribution in [-0.2, 0) is 26.8 Å². The number of nitrogens with two attached hydrogens (primary N) is 1. The van der Waals surface area contributed by atoms with Crippen molar-refractivity contribution in [3.05, 3.63) is 65.7 Å². The van der Waals surface area contributed by atoms with E-state index in [0.717, 1.165) is 12.1 Å². The summed E-state index contributed by atoms with van der Waals surface area (Å²) in [7, 11) is -1.36. The predicted octanol–water partition coefficient (Wildman–Crippen LogP) is 1.68. The fraction of sp³-hybridized carbons (Fsp3) is 0.222. The summed E-state index contributed by atoms with van der Waals surface area (Å²) in [4.78, 5) is 24.1. The molecule has 0 fully saturated rings. The number of carbonyl (C=O) groups excluding carboxylic acids is 2. The Morgan fingerprint density at radius 3 is 2.23 bits per heavy atom. The molecule has 2 aromatic carbocycles. The summed E-state index contributed by atoms with van der Waals surface area (Å²) in [6, 6.07) is 10.8. The van der Waals surface area contributed by atoms with Gasteiger partial charge in [0, 0.05) is 16.2 Å². The third-order valence-electron chi connectivity index (χ3n) is 3.68. The molecule has 8 heteroatoms. The van der Waals surface area contributed by atoms with Gasteiger partial charge in [0.15, 0.2) is 0 Å². The molecule has 0 saturated carbocycles. The third-order valence-corrected chi connectivity index (χ3v) is 5.08. The monoisotopic (exact) mass is 380 g/mol. The molecule has 3 N–H and O–H groups in total. The van der Waals surface area contributed by atoms with Gasteiger partial charge < -0.3 is 11.1 Å². The van der Waals surface area contributed by atoms with Gasteiger partial charge >= 0.3 is 0 Å². The summed E-state index contributed by atoms with van der Waals surface area (Å²) in [5.41, 5.74) is 4.87. The zero-order valence-electron chi connectivity index (χ0n) is 13.8. The first-order chi connectivity index (χ1) is 12.4. The number of hydrogen-bond acceptors (Lipinski definition) is 3. The molecule has 0 radical (unpaired) electrons. The van der Waals surface area contributed by atoms with Crippen LogP contribution >= 0.6 is 0 Å². The standard InChI is InChI=1S/C18H18F2N2O3S/c19-14-7-4-8-15(20)13(14)11-17(23)22-16(18(21)24)9-10-26(25)12-5-2-1-3-6-12/h1-8,16H,9-11H2,(H2,21,24)(H,22,23)/t16-,26-/m1/s1. The molecule has 2 rings (SSSR count). The normalized spacial score (nSPS) is 13.0. The van der Waals surface area contributed by atoms with E-state index in [4.69, 9.17) is 5.73 Å². The van der Waals surface area contributed by atoms with Crippen LogP contribution in [0, 0.1) is 11.6 Å². The summed E-state index contributed by atoms with van der Waals surface area (Å²) in [5.74, 6) is -3.14. The first-order valence-electron chi connectivity index (χ1n) is 7.83. The summed E-state index contributed by atoms with van der Waals surface area (Å²) in [6.45, 7) is 0. The van der Waals surface area contributed by atoms with E-state index in [9.17, 15) is 22.6 Å². The van der Waals surface area contributed by atoms with Gasteiger partial charge in [-0.3, -0.25) is 13.8 Å². The SMILES string of the molecule is NC(=O)[C@@H](CC[S@@](=O)c1ccccc1)NC(=O)Cc1c(F)cccc1F. The summed E-state index contributed by atoms with van der Waals surface area (Å²) >= 11 is 0. The third kappa shape index (κ3) is 5.45. The molecule has 0 aromatic heterocycles. The maximum Gasteiger partial charge on any atom is 0.240 e. The Bertz CT molecular complexity index is 795. The van der Waals surface area contributed by atoms with Gasteiger partial charge in [0.2, 0.25) is 11.8 Å². The number of nitrogens with one attached hydrogen (secondary N) is 1. The van der Waals surface area contributed by atoms with Crippen molar-refractivity contribution in [3.63, 3.8) is 0 Å². The van der Waals surface area contributed by atoms with Gasteiger partial charge in [-0.2, -0.15) is 0 Å². The molecule has 2 atom stereocenters. The van der Waals surface area contributed by atoms with E-state index in [-0.39, 0.29) is 17.7 Å². The van der Waals surface area contributed by atoms with Crippen LogP contribution in [0.2, 0.25) is 0 Å². The molecule has 0 heterocycles. The Morgan fingerprint density at radius 2 is 1.65 bits per heavy atom. The van der Waals surface area contributed by atoms with Crippen LogP contribution in [0.1, 0.15) is 12.0 Å². The van der Waals surface area contributed by atoms with Crippen LogP contribution in [0.25, 0.3) is 0 Å². The molecular weight excluding hydrogens is 362 g/mol. The number of carbonyl (C=O) groups is 2. The van der Waals surface area contributed by atoms with Gasteiger partial charge in [0.25, 0.3) is 0 Å². The molecule has 0 spiro atoms.